The van der Waals surface area contributed by atoms with Gasteiger partial charge in [-0.1, -0.05) is 17.3 Å². The maximum absolute atomic E-state index is 12.9. The number of halogens is 1. The van der Waals surface area contributed by atoms with Gasteiger partial charge in [-0.2, -0.15) is 0 Å². The first-order valence-corrected chi connectivity index (χ1v) is 7.81. The Balaban J connectivity index is 1.46. The monoisotopic (exact) mass is 317 g/mol. The predicted octanol–water partition coefficient (Wildman–Crippen LogP) is 2.52. The van der Waals surface area contributed by atoms with Gasteiger partial charge >= 0.3 is 0 Å². The van der Waals surface area contributed by atoms with Gasteiger partial charge < -0.3 is 9.84 Å². The number of carbonyl (C=O) groups excluding carboxylic acids is 1. The minimum atomic E-state index is -0.210. The zero-order valence-electron chi connectivity index (χ0n) is 13.1. The molecule has 1 amide bonds. The largest absolute Gasteiger partial charge is 0.351 e. The van der Waals surface area contributed by atoms with Crippen LogP contribution in [0.5, 0.6) is 0 Å². The van der Waals surface area contributed by atoms with E-state index in [2.05, 4.69) is 15.4 Å². The first-order chi connectivity index (χ1) is 11.1. The lowest BCUT2D eigenvalue weighted by atomic mass is 10.0. The van der Waals surface area contributed by atoms with E-state index in [1.165, 1.54) is 12.1 Å². The molecule has 0 bridgehead atoms. The second kappa shape index (κ2) is 6.91. The highest BCUT2D eigenvalue weighted by Crippen LogP contribution is 2.15. The maximum Gasteiger partial charge on any atom is 0.290 e. The minimum absolute atomic E-state index is 0.150. The van der Waals surface area contributed by atoms with Crippen LogP contribution >= 0.6 is 0 Å². The second-order valence-electron chi connectivity index (χ2n) is 5.98. The summed E-state index contributed by atoms with van der Waals surface area (Å²) in [6.45, 7) is 4.39. The Morgan fingerprint density at radius 3 is 2.65 bits per heavy atom. The normalized spacial score (nSPS) is 16.4. The van der Waals surface area contributed by atoms with Crippen LogP contribution in [0.2, 0.25) is 0 Å². The summed E-state index contributed by atoms with van der Waals surface area (Å²) in [4.78, 5) is 14.4. The molecule has 3 rings (SSSR count). The van der Waals surface area contributed by atoms with Crippen molar-refractivity contribution in [2.45, 2.75) is 32.4 Å². The van der Waals surface area contributed by atoms with E-state index < -0.39 is 0 Å². The van der Waals surface area contributed by atoms with Gasteiger partial charge in [0.05, 0.1) is 5.69 Å². The molecule has 5 nitrogen and oxygen atoms in total. The van der Waals surface area contributed by atoms with Crippen LogP contribution in [-0.2, 0) is 6.54 Å². The van der Waals surface area contributed by atoms with E-state index in [-0.39, 0.29) is 23.5 Å². The average Bonchev–Trinajstić information content (AvgIpc) is 2.98. The number of likely N-dealkylation sites (tertiary alicyclic amines) is 1. The van der Waals surface area contributed by atoms with Crippen LogP contribution in [0.1, 0.15) is 34.7 Å². The molecule has 1 aromatic heterocycles. The number of benzene rings is 1. The third-order valence-electron chi connectivity index (χ3n) is 4.09. The number of nitrogens with one attached hydrogen (secondary N) is 1. The molecule has 1 aliphatic rings. The van der Waals surface area contributed by atoms with Crippen molar-refractivity contribution in [1.29, 1.82) is 0 Å². The minimum Gasteiger partial charge on any atom is -0.351 e. The molecule has 0 atom stereocenters. The molecule has 23 heavy (non-hydrogen) atoms. The average molecular weight is 317 g/mol. The van der Waals surface area contributed by atoms with E-state index in [4.69, 9.17) is 4.52 Å². The van der Waals surface area contributed by atoms with E-state index >= 15 is 0 Å². The van der Waals surface area contributed by atoms with Gasteiger partial charge in [-0.05, 0) is 37.5 Å². The number of amides is 1. The molecule has 0 unspecified atom stereocenters. The van der Waals surface area contributed by atoms with Crippen LogP contribution in [0.3, 0.4) is 0 Å². The Morgan fingerprint density at radius 1 is 1.35 bits per heavy atom. The van der Waals surface area contributed by atoms with Gasteiger partial charge in [-0.25, -0.2) is 4.39 Å². The first kappa shape index (κ1) is 15.7. The fourth-order valence-corrected chi connectivity index (χ4v) is 2.81. The molecule has 0 spiro atoms. The zero-order chi connectivity index (χ0) is 16.2. The molecular weight excluding hydrogens is 297 g/mol. The highest BCUT2D eigenvalue weighted by atomic mass is 19.1. The van der Waals surface area contributed by atoms with Crippen LogP contribution in [0, 0.1) is 12.7 Å². The van der Waals surface area contributed by atoms with Crippen LogP contribution in [-0.4, -0.2) is 35.1 Å². The Labute approximate surface area is 134 Å². The fraction of sp³-hybridized carbons (Fsp3) is 0.412. The third kappa shape index (κ3) is 4.16. The molecule has 0 saturated carbocycles. The quantitative estimate of drug-likeness (QED) is 0.941. The summed E-state index contributed by atoms with van der Waals surface area (Å²) >= 11 is 0. The number of rotatable bonds is 4. The van der Waals surface area contributed by atoms with Gasteiger partial charge in [0.15, 0.2) is 0 Å². The molecule has 2 aromatic rings. The van der Waals surface area contributed by atoms with Crippen molar-refractivity contribution in [2.24, 2.45) is 0 Å². The third-order valence-corrected chi connectivity index (χ3v) is 4.09. The summed E-state index contributed by atoms with van der Waals surface area (Å²) in [5.41, 5.74) is 1.80. The smallest absolute Gasteiger partial charge is 0.290 e. The first-order valence-electron chi connectivity index (χ1n) is 7.81. The fourth-order valence-electron chi connectivity index (χ4n) is 2.81. The number of aromatic nitrogens is 1. The van der Waals surface area contributed by atoms with Gasteiger partial charge in [0.2, 0.25) is 5.76 Å². The van der Waals surface area contributed by atoms with Crippen LogP contribution in [0.25, 0.3) is 0 Å². The zero-order valence-corrected chi connectivity index (χ0v) is 13.1. The Hall–Kier alpha value is -2.21. The molecule has 1 aliphatic heterocycles. The van der Waals surface area contributed by atoms with E-state index in [1.807, 2.05) is 12.1 Å². The van der Waals surface area contributed by atoms with Crippen molar-refractivity contribution in [3.63, 3.8) is 0 Å². The van der Waals surface area contributed by atoms with Crippen molar-refractivity contribution in [3.05, 3.63) is 53.2 Å². The topological polar surface area (TPSA) is 58.4 Å². The molecule has 122 valence electrons. The van der Waals surface area contributed by atoms with E-state index in [0.29, 0.717) is 5.69 Å². The molecule has 1 saturated heterocycles. The SMILES string of the molecule is Cc1cc(C(=O)NC2CCN(Cc3ccc(F)cc3)CC2)on1. The second-order valence-corrected chi connectivity index (χ2v) is 5.98. The summed E-state index contributed by atoms with van der Waals surface area (Å²) in [5.74, 6) is -0.156. The number of aryl methyl sites for hydroxylation is 1. The highest BCUT2D eigenvalue weighted by molar-refractivity contribution is 5.91. The number of piperidine rings is 1. The molecule has 1 aromatic carbocycles. The van der Waals surface area contributed by atoms with E-state index in [1.54, 1.807) is 13.0 Å². The van der Waals surface area contributed by atoms with Gasteiger partial charge in [-0.15, -0.1) is 0 Å². The Kier molecular flexibility index (Phi) is 4.71. The lowest BCUT2D eigenvalue weighted by Crippen LogP contribution is -2.44. The molecule has 1 N–H and O–H groups in total. The Bertz CT molecular complexity index is 661. The summed E-state index contributed by atoms with van der Waals surface area (Å²) in [5, 5.41) is 6.72. The summed E-state index contributed by atoms with van der Waals surface area (Å²) < 4.78 is 17.9. The summed E-state index contributed by atoms with van der Waals surface area (Å²) in [6.07, 6.45) is 1.78. The molecular formula is C17H20FN3O2. The summed E-state index contributed by atoms with van der Waals surface area (Å²) in [6, 6.07) is 8.39. The number of carbonyl (C=O) groups is 1. The van der Waals surface area contributed by atoms with Gasteiger partial charge in [-0.3, -0.25) is 9.69 Å². The van der Waals surface area contributed by atoms with Crippen molar-refractivity contribution < 1.29 is 13.7 Å². The van der Waals surface area contributed by atoms with Crippen molar-refractivity contribution >= 4 is 5.91 Å². The molecule has 6 heteroatoms. The van der Waals surface area contributed by atoms with Gasteiger partial charge in [0.25, 0.3) is 5.91 Å². The molecule has 0 aliphatic carbocycles. The molecule has 0 radical (unpaired) electrons. The van der Waals surface area contributed by atoms with Crippen molar-refractivity contribution in [2.75, 3.05) is 13.1 Å². The molecule has 1 fully saturated rings. The van der Waals surface area contributed by atoms with Crippen LogP contribution < -0.4 is 5.32 Å². The van der Waals surface area contributed by atoms with Gasteiger partial charge in [0.1, 0.15) is 5.82 Å². The number of nitrogens with zero attached hydrogens (tertiary/aromatic N) is 2. The Morgan fingerprint density at radius 2 is 2.04 bits per heavy atom. The van der Waals surface area contributed by atoms with Gasteiger partial charge in [0, 0.05) is 31.7 Å². The molecule has 2 heterocycles. The summed E-state index contributed by atoms with van der Waals surface area (Å²) in [7, 11) is 0. The highest BCUT2D eigenvalue weighted by Gasteiger charge is 2.22. The van der Waals surface area contributed by atoms with E-state index in [0.717, 1.165) is 38.0 Å². The number of hydrogen-bond donors (Lipinski definition) is 1. The van der Waals surface area contributed by atoms with Crippen molar-refractivity contribution in [1.82, 2.24) is 15.4 Å². The lowest BCUT2D eigenvalue weighted by Gasteiger charge is -2.32. The van der Waals surface area contributed by atoms with Crippen LogP contribution in [0.15, 0.2) is 34.9 Å². The maximum atomic E-state index is 12.9. The number of hydrogen-bond acceptors (Lipinski definition) is 4. The lowest BCUT2D eigenvalue weighted by molar-refractivity contribution is 0.0872. The van der Waals surface area contributed by atoms with Crippen molar-refractivity contribution in [3.8, 4) is 0 Å². The predicted molar refractivity (Wildman–Crippen MR) is 83.4 cm³/mol. The van der Waals surface area contributed by atoms with E-state index in [9.17, 15) is 9.18 Å². The van der Waals surface area contributed by atoms with Crippen LogP contribution in [0.4, 0.5) is 4.39 Å². The standard InChI is InChI=1S/C17H20FN3O2/c1-12-10-16(23-20-12)17(22)19-15-6-8-21(9-7-15)11-13-2-4-14(18)5-3-13/h2-5,10,15H,6-9,11H2,1H3,(H,19,22).